The van der Waals surface area contributed by atoms with E-state index >= 15 is 0 Å². The van der Waals surface area contributed by atoms with Crippen LogP contribution in [0.3, 0.4) is 0 Å². The fourth-order valence-corrected chi connectivity index (χ4v) is 2.08. The molecule has 0 heterocycles. The van der Waals surface area contributed by atoms with Crippen molar-refractivity contribution in [2.24, 2.45) is 0 Å². The summed E-state index contributed by atoms with van der Waals surface area (Å²) in [5.41, 5.74) is 2.89. The van der Waals surface area contributed by atoms with Crippen LogP contribution in [0.25, 0.3) is 0 Å². The average molecular weight is 280 g/mol. The fraction of sp³-hybridized carbons (Fsp3) is 0.533. The monoisotopic (exact) mass is 280 g/mol. The molecule has 112 valence electrons. The molecule has 1 rings (SSSR count). The van der Waals surface area contributed by atoms with Gasteiger partial charge in [-0.3, -0.25) is 0 Å². The molecule has 0 aliphatic carbocycles. The minimum absolute atomic E-state index is 0.127. The first-order valence-corrected chi connectivity index (χ1v) is 6.88. The quantitative estimate of drug-likeness (QED) is 0.745. The molecule has 5 nitrogen and oxygen atoms in total. The van der Waals surface area contributed by atoms with Crippen LogP contribution in [-0.2, 0) is 0 Å². The maximum absolute atomic E-state index is 12.2. The summed E-state index contributed by atoms with van der Waals surface area (Å²) in [6.45, 7) is 6.25. The number of nitrogens with zero attached hydrogens (tertiary/aromatic N) is 1. The van der Waals surface area contributed by atoms with Gasteiger partial charge in [0.2, 0.25) is 0 Å². The van der Waals surface area contributed by atoms with Gasteiger partial charge in [-0.2, -0.15) is 0 Å². The third kappa shape index (κ3) is 4.21. The summed E-state index contributed by atoms with van der Waals surface area (Å²) in [5, 5.41) is 20.8. The van der Waals surface area contributed by atoms with Crippen LogP contribution in [0.15, 0.2) is 18.2 Å². The zero-order chi connectivity index (χ0) is 15.1. The van der Waals surface area contributed by atoms with Crippen molar-refractivity contribution in [2.75, 3.05) is 31.6 Å². The van der Waals surface area contributed by atoms with Gasteiger partial charge in [-0.05, 0) is 24.0 Å². The molecule has 0 bridgehead atoms. The van der Waals surface area contributed by atoms with Crippen molar-refractivity contribution in [3.8, 4) is 0 Å². The number of para-hydroxylation sites is 1. The summed E-state index contributed by atoms with van der Waals surface area (Å²) in [4.78, 5) is 13.6. The van der Waals surface area contributed by atoms with Gasteiger partial charge in [0.05, 0.1) is 13.2 Å². The summed E-state index contributed by atoms with van der Waals surface area (Å²) >= 11 is 0. The number of carbonyl (C=O) groups is 1. The Morgan fingerprint density at radius 1 is 1.25 bits per heavy atom. The van der Waals surface area contributed by atoms with Gasteiger partial charge in [-0.15, -0.1) is 0 Å². The number of carbonyl (C=O) groups excluding carboxylic acids is 1. The van der Waals surface area contributed by atoms with Gasteiger partial charge in [0.15, 0.2) is 0 Å². The van der Waals surface area contributed by atoms with Gasteiger partial charge in [-0.1, -0.05) is 32.0 Å². The zero-order valence-corrected chi connectivity index (χ0v) is 12.4. The molecular formula is C15H24N2O3. The van der Waals surface area contributed by atoms with Crippen LogP contribution in [0.4, 0.5) is 10.5 Å². The van der Waals surface area contributed by atoms with Gasteiger partial charge in [0.1, 0.15) is 0 Å². The highest BCUT2D eigenvalue weighted by Gasteiger charge is 2.16. The van der Waals surface area contributed by atoms with Crippen molar-refractivity contribution in [3.05, 3.63) is 29.3 Å². The molecule has 0 atom stereocenters. The van der Waals surface area contributed by atoms with Crippen LogP contribution in [0.1, 0.15) is 30.9 Å². The van der Waals surface area contributed by atoms with Gasteiger partial charge in [0.25, 0.3) is 0 Å². The maximum atomic E-state index is 12.2. The van der Waals surface area contributed by atoms with Crippen molar-refractivity contribution >= 4 is 11.7 Å². The molecule has 0 radical (unpaired) electrons. The standard InChI is InChI=1S/C15H24N2O3/c1-11(2)13-6-4-5-12(3)14(13)16-15(20)17(7-9-18)8-10-19/h4-6,11,18-19H,7-10H2,1-3H3,(H,16,20). The van der Waals surface area contributed by atoms with Gasteiger partial charge < -0.3 is 20.4 Å². The number of benzene rings is 1. The second-order valence-electron chi connectivity index (χ2n) is 5.06. The van der Waals surface area contributed by atoms with Crippen LogP contribution in [-0.4, -0.2) is 47.4 Å². The first-order chi connectivity index (χ1) is 9.51. The molecule has 0 aromatic heterocycles. The first-order valence-electron chi connectivity index (χ1n) is 6.88. The highest BCUT2D eigenvalue weighted by atomic mass is 16.3. The van der Waals surface area contributed by atoms with Gasteiger partial charge in [0, 0.05) is 18.8 Å². The van der Waals surface area contributed by atoms with E-state index in [0.29, 0.717) is 5.92 Å². The van der Waals surface area contributed by atoms with E-state index in [-0.39, 0.29) is 32.3 Å². The SMILES string of the molecule is Cc1cccc(C(C)C)c1NC(=O)N(CCO)CCO. The molecule has 1 aromatic rings. The average Bonchev–Trinajstić information content (AvgIpc) is 2.40. The number of hydrogen-bond acceptors (Lipinski definition) is 3. The maximum Gasteiger partial charge on any atom is 0.322 e. The number of aliphatic hydroxyl groups excluding tert-OH is 2. The Hall–Kier alpha value is -1.59. The van der Waals surface area contributed by atoms with E-state index in [4.69, 9.17) is 10.2 Å². The number of nitrogens with one attached hydrogen (secondary N) is 1. The molecule has 0 saturated carbocycles. The molecule has 0 aliphatic heterocycles. The molecule has 0 unspecified atom stereocenters. The van der Waals surface area contributed by atoms with E-state index < -0.39 is 0 Å². The number of rotatable bonds is 6. The van der Waals surface area contributed by atoms with Crippen LogP contribution >= 0.6 is 0 Å². The number of urea groups is 1. The van der Waals surface area contributed by atoms with E-state index in [9.17, 15) is 4.79 Å². The minimum Gasteiger partial charge on any atom is -0.395 e. The zero-order valence-electron chi connectivity index (χ0n) is 12.4. The van der Waals surface area contributed by atoms with E-state index in [1.54, 1.807) is 0 Å². The molecule has 20 heavy (non-hydrogen) atoms. The lowest BCUT2D eigenvalue weighted by Gasteiger charge is -2.23. The topological polar surface area (TPSA) is 72.8 Å². The Labute approximate surface area is 120 Å². The Morgan fingerprint density at radius 2 is 1.85 bits per heavy atom. The van der Waals surface area contributed by atoms with Gasteiger partial charge >= 0.3 is 6.03 Å². The van der Waals surface area contributed by atoms with Crippen molar-refractivity contribution < 1.29 is 15.0 Å². The predicted octanol–water partition coefficient (Wildman–Crippen LogP) is 1.94. The number of anilines is 1. The molecule has 5 heteroatoms. The van der Waals surface area contributed by atoms with Crippen LogP contribution < -0.4 is 5.32 Å². The Balaban J connectivity index is 2.94. The van der Waals surface area contributed by atoms with Crippen molar-refractivity contribution in [3.63, 3.8) is 0 Å². The Morgan fingerprint density at radius 3 is 2.35 bits per heavy atom. The normalized spacial score (nSPS) is 10.7. The molecule has 2 amide bonds. The molecule has 0 fully saturated rings. The molecule has 1 aromatic carbocycles. The smallest absolute Gasteiger partial charge is 0.322 e. The van der Waals surface area contributed by atoms with Crippen molar-refractivity contribution in [1.29, 1.82) is 0 Å². The Bertz CT molecular complexity index is 441. The van der Waals surface area contributed by atoms with E-state index in [0.717, 1.165) is 16.8 Å². The molecule has 0 spiro atoms. The van der Waals surface area contributed by atoms with Gasteiger partial charge in [-0.25, -0.2) is 4.79 Å². The van der Waals surface area contributed by atoms with Crippen LogP contribution in [0, 0.1) is 6.92 Å². The summed E-state index contributed by atoms with van der Waals surface area (Å²) in [7, 11) is 0. The van der Waals surface area contributed by atoms with Crippen molar-refractivity contribution in [1.82, 2.24) is 4.90 Å². The third-order valence-corrected chi connectivity index (χ3v) is 3.19. The number of amides is 2. The second-order valence-corrected chi connectivity index (χ2v) is 5.06. The molecule has 0 aliphatic rings. The molecule has 0 saturated heterocycles. The third-order valence-electron chi connectivity index (χ3n) is 3.19. The summed E-state index contributed by atoms with van der Waals surface area (Å²) in [5.74, 6) is 0.300. The highest BCUT2D eigenvalue weighted by Crippen LogP contribution is 2.27. The van der Waals surface area contributed by atoms with E-state index in [1.165, 1.54) is 4.90 Å². The lowest BCUT2D eigenvalue weighted by atomic mass is 9.98. The van der Waals surface area contributed by atoms with Crippen LogP contribution in [0.5, 0.6) is 0 Å². The van der Waals surface area contributed by atoms with Crippen molar-refractivity contribution in [2.45, 2.75) is 26.7 Å². The minimum atomic E-state index is -0.302. The lowest BCUT2D eigenvalue weighted by Crippen LogP contribution is -2.39. The highest BCUT2D eigenvalue weighted by molar-refractivity contribution is 5.91. The summed E-state index contributed by atoms with van der Waals surface area (Å²) in [6, 6.07) is 5.61. The number of hydrogen-bond donors (Lipinski definition) is 3. The lowest BCUT2D eigenvalue weighted by molar-refractivity contribution is 0.167. The molecular weight excluding hydrogens is 256 g/mol. The summed E-state index contributed by atoms with van der Waals surface area (Å²) < 4.78 is 0. The number of aliphatic hydroxyl groups is 2. The van der Waals surface area contributed by atoms with E-state index in [2.05, 4.69) is 19.2 Å². The summed E-state index contributed by atoms with van der Waals surface area (Å²) in [6.07, 6.45) is 0. The van der Waals surface area contributed by atoms with E-state index in [1.807, 2.05) is 25.1 Å². The fourth-order valence-electron chi connectivity index (χ4n) is 2.08. The molecule has 3 N–H and O–H groups in total. The second kappa shape index (κ2) is 7.87. The predicted molar refractivity (Wildman–Crippen MR) is 80.0 cm³/mol. The first kappa shape index (κ1) is 16.5. The van der Waals surface area contributed by atoms with Crippen LogP contribution in [0.2, 0.25) is 0 Å². The Kier molecular flexibility index (Phi) is 6.48. The largest absolute Gasteiger partial charge is 0.395 e. The number of aryl methyl sites for hydroxylation is 1.